The van der Waals surface area contributed by atoms with Gasteiger partial charge >= 0.3 is 0 Å². The second kappa shape index (κ2) is 2.21. The number of hydrogen-bond donors (Lipinski definition) is 3. The molecule has 4 heteroatoms. The molecule has 0 spiro atoms. The van der Waals surface area contributed by atoms with Crippen molar-refractivity contribution < 1.29 is 5.11 Å². The summed E-state index contributed by atoms with van der Waals surface area (Å²) >= 11 is 0. The van der Waals surface area contributed by atoms with Crippen LogP contribution >= 0.6 is 0 Å². The van der Waals surface area contributed by atoms with Gasteiger partial charge in [0.1, 0.15) is 11.9 Å². The van der Waals surface area contributed by atoms with Crippen LogP contribution in [0.25, 0.3) is 0 Å². The molecule has 1 aliphatic rings. The van der Waals surface area contributed by atoms with Crippen LogP contribution in [0.3, 0.4) is 0 Å². The number of amidine groups is 1. The predicted octanol–water partition coefficient (Wildman–Crippen LogP) is -0.809. The van der Waals surface area contributed by atoms with Gasteiger partial charge in [0.15, 0.2) is 0 Å². The number of aliphatic hydroxyl groups excluding tert-OH is 1. The molecule has 1 rings (SSSR count). The Morgan fingerprint density at radius 1 is 1.70 bits per heavy atom. The maximum absolute atomic E-state index is 9.26. The Morgan fingerprint density at radius 3 is 2.30 bits per heavy atom. The summed E-state index contributed by atoms with van der Waals surface area (Å²) in [5.74, 6) is 0.192. The van der Waals surface area contributed by atoms with E-state index in [0.717, 1.165) is 0 Å². The maximum Gasteiger partial charge on any atom is 0.127 e. The average molecular weight is 143 g/mol. The summed E-state index contributed by atoms with van der Waals surface area (Å²) in [6.07, 6.45) is -0.887. The summed E-state index contributed by atoms with van der Waals surface area (Å²) in [7, 11) is 1.72. The first-order valence-corrected chi connectivity index (χ1v) is 3.30. The molecule has 58 valence electrons. The first-order valence-electron chi connectivity index (χ1n) is 3.30. The summed E-state index contributed by atoms with van der Waals surface area (Å²) in [6.45, 7) is 1.84. The van der Waals surface area contributed by atoms with Gasteiger partial charge in [-0.3, -0.25) is 5.41 Å². The van der Waals surface area contributed by atoms with Crippen molar-refractivity contribution >= 4 is 5.84 Å². The van der Waals surface area contributed by atoms with Gasteiger partial charge in [-0.2, -0.15) is 0 Å². The van der Waals surface area contributed by atoms with Crippen LogP contribution in [0.15, 0.2) is 0 Å². The second-order valence-electron chi connectivity index (χ2n) is 2.79. The van der Waals surface area contributed by atoms with Gasteiger partial charge in [0, 0.05) is 13.0 Å². The number of nitrogens with zero attached hydrogens (tertiary/aromatic N) is 1. The van der Waals surface area contributed by atoms with Crippen LogP contribution in [0, 0.1) is 11.3 Å². The molecule has 10 heavy (non-hydrogen) atoms. The molecule has 1 aliphatic heterocycles. The summed E-state index contributed by atoms with van der Waals surface area (Å²) in [5.41, 5.74) is 5.63. The summed E-state index contributed by atoms with van der Waals surface area (Å²) in [6, 6.07) is 0. The average Bonchev–Trinajstić information content (AvgIpc) is 2.07. The first kappa shape index (κ1) is 7.50. The molecule has 0 bridgehead atoms. The minimum Gasteiger partial charge on any atom is -0.385 e. The number of likely N-dealkylation sites (tertiary alicyclic amines) is 1. The number of likely N-dealkylation sites (N-methyl/N-ethyl adjacent to an activating group) is 1. The van der Waals surface area contributed by atoms with Gasteiger partial charge in [-0.1, -0.05) is 6.92 Å². The molecule has 1 heterocycles. The van der Waals surface area contributed by atoms with Gasteiger partial charge in [-0.15, -0.1) is 0 Å². The third kappa shape index (κ3) is 0.803. The van der Waals surface area contributed by atoms with Crippen molar-refractivity contribution in [3.8, 4) is 0 Å². The van der Waals surface area contributed by atoms with Gasteiger partial charge in [0.05, 0.1) is 6.17 Å². The SMILES string of the molecule is C[C@H]1C(N)N(C)C(=N)[C@H]1O. The third-order valence-corrected chi connectivity index (χ3v) is 2.14. The van der Waals surface area contributed by atoms with Gasteiger partial charge in [0.25, 0.3) is 0 Å². The van der Waals surface area contributed by atoms with Gasteiger partial charge in [-0.05, 0) is 0 Å². The van der Waals surface area contributed by atoms with Crippen molar-refractivity contribution in [2.75, 3.05) is 7.05 Å². The number of nitrogens with two attached hydrogens (primary N) is 1. The van der Waals surface area contributed by atoms with Crippen LogP contribution in [-0.4, -0.2) is 35.2 Å². The van der Waals surface area contributed by atoms with E-state index in [9.17, 15) is 5.11 Å². The zero-order valence-corrected chi connectivity index (χ0v) is 6.20. The number of hydrogen-bond acceptors (Lipinski definition) is 3. The van der Waals surface area contributed by atoms with Crippen molar-refractivity contribution in [3.63, 3.8) is 0 Å². The third-order valence-electron chi connectivity index (χ3n) is 2.14. The lowest BCUT2D eigenvalue weighted by atomic mass is 10.1. The quantitative estimate of drug-likeness (QED) is 0.415. The van der Waals surface area contributed by atoms with E-state index in [4.69, 9.17) is 11.1 Å². The van der Waals surface area contributed by atoms with Gasteiger partial charge in [0.2, 0.25) is 0 Å². The van der Waals surface area contributed by atoms with E-state index in [1.807, 2.05) is 6.92 Å². The zero-order chi connectivity index (χ0) is 7.89. The van der Waals surface area contributed by atoms with Crippen molar-refractivity contribution in [1.29, 1.82) is 5.41 Å². The first-order chi connectivity index (χ1) is 4.55. The van der Waals surface area contributed by atoms with E-state index < -0.39 is 6.10 Å². The zero-order valence-electron chi connectivity index (χ0n) is 6.20. The van der Waals surface area contributed by atoms with Crippen LogP contribution in [0.2, 0.25) is 0 Å². The second-order valence-corrected chi connectivity index (χ2v) is 2.79. The number of rotatable bonds is 0. The fraction of sp³-hybridized carbons (Fsp3) is 0.833. The minimum atomic E-state index is -0.681. The largest absolute Gasteiger partial charge is 0.385 e. The van der Waals surface area contributed by atoms with Crippen molar-refractivity contribution in [2.45, 2.75) is 19.2 Å². The van der Waals surface area contributed by atoms with E-state index >= 15 is 0 Å². The fourth-order valence-electron chi connectivity index (χ4n) is 1.16. The number of nitrogens with one attached hydrogen (secondary N) is 1. The molecule has 1 saturated heterocycles. The molecule has 0 amide bonds. The van der Waals surface area contributed by atoms with E-state index in [-0.39, 0.29) is 17.9 Å². The molecule has 1 fully saturated rings. The lowest BCUT2D eigenvalue weighted by Gasteiger charge is -2.17. The Labute approximate surface area is 60.1 Å². The highest BCUT2D eigenvalue weighted by molar-refractivity contribution is 5.86. The van der Waals surface area contributed by atoms with Crippen LogP contribution < -0.4 is 5.73 Å². The molecule has 1 unspecified atom stereocenters. The van der Waals surface area contributed by atoms with Crippen LogP contribution in [0.1, 0.15) is 6.92 Å². The highest BCUT2D eigenvalue weighted by atomic mass is 16.3. The summed E-state index contributed by atoms with van der Waals surface area (Å²) in [5, 5.41) is 16.6. The molecule has 0 aromatic rings. The lowest BCUT2D eigenvalue weighted by Crippen LogP contribution is -2.38. The maximum atomic E-state index is 9.26. The molecular weight excluding hydrogens is 130 g/mol. The van der Waals surface area contributed by atoms with Crippen molar-refractivity contribution in [3.05, 3.63) is 0 Å². The Balaban J connectivity index is 2.78. The molecule has 0 aromatic carbocycles. The topological polar surface area (TPSA) is 73.3 Å². The van der Waals surface area contributed by atoms with Crippen LogP contribution in [0.5, 0.6) is 0 Å². The standard InChI is InChI=1S/C6H13N3O/c1-3-4(10)6(8)9(2)5(3)7/h3-5,8,10H,7H2,1-2H3/t3-,4+,5?/m1/s1. The molecule has 0 aromatic heterocycles. The Bertz CT molecular complexity index is 143. The highest BCUT2D eigenvalue weighted by Crippen LogP contribution is 2.20. The van der Waals surface area contributed by atoms with Gasteiger partial charge in [-0.25, -0.2) is 0 Å². The lowest BCUT2D eigenvalue weighted by molar-refractivity contribution is 0.177. The van der Waals surface area contributed by atoms with E-state index in [1.54, 1.807) is 11.9 Å². The monoisotopic (exact) mass is 143 g/mol. The van der Waals surface area contributed by atoms with Gasteiger partial charge < -0.3 is 15.7 Å². The smallest absolute Gasteiger partial charge is 0.127 e. The molecule has 0 saturated carbocycles. The molecule has 3 atom stereocenters. The minimum absolute atomic E-state index is 0.0301. The molecule has 4 nitrogen and oxygen atoms in total. The Kier molecular flexibility index (Phi) is 1.66. The van der Waals surface area contributed by atoms with Crippen molar-refractivity contribution in [1.82, 2.24) is 4.90 Å². The van der Waals surface area contributed by atoms with Crippen molar-refractivity contribution in [2.24, 2.45) is 11.7 Å². The summed E-state index contributed by atoms with van der Waals surface area (Å²) in [4.78, 5) is 1.59. The number of aliphatic hydroxyl groups is 1. The predicted molar refractivity (Wildman–Crippen MR) is 38.6 cm³/mol. The summed E-state index contributed by atoms with van der Waals surface area (Å²) < 4.78 is 0. The fourth-order valence-corrected chi connectivity index (χ4v) is 1.16. The molecular formula is C6H13N3O. The van der Waals surface area contributed by atoms with E-state index in [0.29, 0.717) is 0 Å². The van der Waals surface area contributed by atoms with E-state index in [2.05, 4.69) is 0 Å². The van der Waals surface area contributed by atoms with Crippen LogP contribution in [-0.2, 0) is 0 Å². The Hall–Kier alpha value is -0.610. The highest BCUT2D eigenvalue weighted by Gasteiger charge is 2.37. The normalized spacial score (nSPS) is 41.0. The van der Waals surface area contributed by atoms with E-state index in [1.165, 1.54) is 0 Å². The Morgan fingerprint density at radius 2 is 2.20 bits per heavy atom. The molecule has 0 aliphatic carbocycles. The molecule has 0 radical (unpaired) electrons. The molecule has 4 N–H and O–H groups in total. The van der Waals surface area contributed by atoms with Crippen LogP contribution in [0.4, 0.5) is 0 Å².